The van der Waals surface area contributed by atoms with Crippen molar-refractivity contribution in [1.82, 2.24) is 9.97 Å². The van der Waals surface area contributed by atoms with Gasteiger partial charge in [0.1, 0.15) is 11.5 Å². The first-order valence-corrected chi connectivity index (χ1v) is 8.60. The van der Waals surface area contributed by atoms with E-state index in [9.17, 15) is 14.9 Å². The molecule has 4 rings (SSSR count). The first-order valence-electron chi connectivity index (χ1n) is 8.22. The third-order valence-electron chi connectivity index (χ3n) is 4.10. The van der Waals surface area contributed by atoms with Crippen molar-refractivity contribution in [2.24, 2.45) is 0 Å². The number of aromatic nitrogens is 2. The van der Waals surface area contributed by atoms with Gasteiger partial charge in [0.2, 0.25) is 0 Å². The molecule has 0 unspecified atom stereocenters. The van der Waals surface area contributed by atoms with E-state index >= 15 is 0 Å². The van der Waals surface area contributed by atoms with Crippen molar-refractivity contribution in [1.29, 1.82) is 0 Å². The van der Waals surface area contributed by atoms with Crippen LogP contribution in [0.25, 0.3) is 33.3 Å². The quantitative estimate of drug-likeness (QED) is 0.395. The van der Waals surface area contributed by atoms with Gasteiger partial charge in [-0.05, 0) is 36.4 Å². The summed E-state index contributed by atoms with van der Waals surface area (Å²) in [6.45, 7) is 0. The highest BCUT2D eigenvalue weighted by Gasteiger charge is 2.10. The number of halogens is 1. The summed E-state index contributed by atoms with van der Waals surface area (Å²) in [4.78, 5) is 29.5. The van der Waals surface area contributed by atoms with Gasteiger partial charge in [0.05, 0.1) is 20.9 Å². The molecule has 0 amide bonds. The first kappa shape index (κ1) is 17.7. The summed E-state index contributed by atoms with van der Waals surface area (Å²) in [6.07, 6.45) is 1.55. The molecule has 7 nitrogen and oxygen atoms in total. The number of H-pyrrole nitrogens is 1. The van der Waals surface area contributed by atoms with E-state index < -0.39 is 4.92 Å². The maximum Gasteiger partial charge on any atom is 0.269 e. The predicted molar refractivity (Wildman–Crippen MR) is 107 cm³/mol. The van der Waals surface area contributed by atoms with E-state index in [0.29, 0.717) is 28.0 Å². The molecule has 0 bridgehead atoms. The predicted octanol–water partition coefficient (Wildman–Crippen LogP) is 4.83. The van der Waals surface area contributed by atoms with Crippen molar-refractivity contribution in [2.75, 3.05) is 0 Å². The van der Waals surface area contributed by atoms with Gasteiger partial charge in [-0.25, -0.2) is 4.98 Å². The lowest BCUT2D eigenvalue weighted by Gasteiger charge is -2.01. The lowest BCUT2D eigenvalue weighted by atomic mass is 10.1. The molecule has 4 aromatic rings. The number of nitrogens with zero attached hydrogens (tertiary/aromatic N) is 2. The highest BCUT2D eigenvalue weighted by Crippen LogP contribution is 2.27. The third-order valence-corrected chi connectivity index (χ3v) is 4.39. The van der Waals surface area contributed by atoms with Crippen molar-refractivity contribution >= 4 is 39.3 Å². The van der Waals surface area contributed by atoms with Crippen LogP contribution in [0.4, 0.5) is 5.69 Å². The molecule has 0 spiro atoms. The number of hydrogen-bond acceptors (Lipinski definition) is 5. The zero-order valence-electron chi connectivity index (χ0n) is 14.3. The molecule has 138 valence electrons. The normalized spacial score (nSPS) is 11.7. The van der Waals surface area contributed by atoms with E-state index in [1.807, 2.05) is 0 Å². The largest absolute Gasteiger partial charge is 0.457 e. The Bertz CT molecular complexity index is 1270. The van der Waals surface area contributed by atoms with Crippen LogP contribution in [0, 0.1) is 10.1 Å². The maximum atomic E-state index is 12.2. The van der Waals surface area contributed by atoms with Gasteiger partial charge in [-0.15, -0.1) is 0 Å². The Hall–Kier alpha value is -3.71. The average molecular weight is 394 g/mol. The van der Waals surface area contributed by atoms with Crippen LogP contribution in [-0.2, 0) is 0 Å². The van der Waals surface area contributed by atoms with Crippen molar-refractivity contribution in [2.45, 2.75) is 0 Å². The number of nitro groups is 1. The summed E-state index contributed by atoms with van der Waals surface area (Å²) in [7, 11) is 0. The molecule has 0 atom stereocenters. The van der Waals surface area contributed by atoms with Gasteiger partial charge in [0.25, 0.3) is 11.2 Å². The summed E-state index contributed by atoms with van der Waals surface area (Å²) in [5, 5.41) is 11.4. The van der Waals surface area contributed by atoms with Crippen LogP contribution >= 0.6 is 11.6 Å². The monoisotopic (exact) mass is 393 g/mol. The van der Waals surface area contributed by atoms with Gasteiger partial charge in [-0.3, -0.25) is 14.9 Å². The van der Waals surface area contributed by atoms with Crippen LogP contribution in [0.3, 0.4) is 0 Å². The number of nitro benzene ring substituents is 1. The SMILES string of the molecule is O=c1[nH]c(/C(Cl)=C/c2ccc(-c3ccc([N+](=O)[O-])cc3)o2)nc2ccccc12. The Morgan fingerprint density at radius 1 is 1.11 bits per heavy atom. The second kappa shape index (κ2) is 7.13. The molecule has 0 fully saturated rings. The average Bonchev–Trinajstić information content (AvgIpc) is 3.16. The van der Waals surface area contributed by atoms with Gasteiger partial charge in [-0.1, -0.05) is 23.7 Å². The molecule has 8 heteroatoms. The molecule has 0 aliphatic rings. The highest BCUT2D eigenvalue weighted by molar-refractivity contribution is 6.50. The number of para-hydroxylation sites is 1. The standard InChI is InChI=1S/C20H12ClN3O4/c21-16(19-22-17-4-2-1-3-15(17)20(25)23-19)11-14-9-10-18(28-14)12-5-7-13(8-6-12)24(26)27/h1-11H,(H,22,23,25)/b16-11-. The number of aromatic amines is 1. The summed E-state index contributed by atoms with van der Waals surface area (Å²) in [6, 6.07) is 16.4. The smallest absolute Gasteiger partial charge is 0.269 e. The number of benzene rings is 2. The Balaban J connectivity index is 1.64. The first-order chi connectivity index (χ1) is 13.5. The van der Waals surface area contributed by atoms with E-state index in [1.54, 1.807) is 54.6 Å². The third kappa shape index (κ3) is 3.43. The fourth-order valence-electron chi connectivity index (χ4n) is 2.73. The lowest BCUT2D eigenvalue weighted by Crippen LogP contribution is -2.10. The molecule has 28 heavy (non-hydrogen) atoms. The minimum atomic E-state index is -0.461. The number of hydrogen-bond donors (Lipinski definition) is 1. The van der Waals surface area contributed by atoms with Crippen LogP contribution in [0.2, 0.25) is 0 Å². The number of fused-ring (bicyclic) bond motifs is 1. The lowest BCUT2D eigenvalue weighted by molar-refractivity contribution is -0.384. The number of furan rings is 1. The summed E-state index contributed by atoms with van der Waals surface area (Å²) in [5.41, 5.74) is 0.959. The minimum absolute atomic E-state index is 0.00445. The van der Waals surface area contributed by atoms with Crippen LogP contribution in [0.1, 0.15) is 11.6 Å². The Morgan fingerprint density at radius 2 is 1.86 bits per heavy atom. The highest BCUT2D eigenvalue weighted by atomic mass is 35.5. The maximum absolute atomic E-state index is 12.2. The number of rotatable bonds is 4. The van der Waals surface area contributed by atoms with E-state index in [4.69, 9.17) is 16.0 Å². The minimum Gasteiger partial charge on any atom is -0.457 e. The van der Waals surface area contributed by atoms with E-state index in [-0.39, 0.29) is 22.1 Å². The Kier molecular flexibility index (Phi) is 4.50. The van der Waals surface area contributed by atoms with Crippen molar-refractivity contribution in [3.63, 3.8) is 0 Å². The molecule has 2 heterocycles. The molecule has 2 aromatic carbocycles. The molecule has 0 radical (unpaired) electrons. The van der Waals surface area contributed by atoms with Crippen molar-refractivity contribution in [3.05, 3.63) is 92.7 Å². The molecule has 0 aliphatic carbocycles. The zero-order chi connectivity index (χ0) is 19.7. The van der Waals surface area contributed by atoms with Crippen molar-refractivity contribution < 1.29 is 9.34 Å². The molecule has 0 saturated carbocycles. The Labute approximate surface area is 163 Å². The molecular weight excluding hydrogens is 382 g/mol. The van der Waals surface area contributed by atoms with Crippen LogP contribution in [0.5, 0.6) is 0 Å². The molecule has 0 aliphatic heterocycles. The van der Waals surface area contributed by atoms with E-state index in [1.165, 1.54) is 12.1 Å². The van der Waals surface area contributed by atoms with Gasteiger partial charge >= 0.3 is 0 Å². The van der Waals surface area contributed by atoms with Crippen LogP contribution in [-0.4, -0.2) is 14.9 Å². The van der Waals surface area contributed by atoms with E-state index in [2.05, 4.69) is 9.97 Å². The van der Waals surface area contributed by atoms with Gasteiger partial charge in [0, 0.05) is 23.8 Å². The summed E-state index contributed by atoms with van der Waals surface area (Å²) in [5.74, 6) is 1.22. The summed E-state index contributed by atoms with van der Waals surface area (Å²) < 4.78 is 5.73. The molecule has 1 N–H and O–H groups in total. The van der Waals surface area contributed by atoms with E-state index in [0.717, 1.165) is 0 Å². The summed E-state index contributed by atoms with van der Waals surface area (Å²) >= 11 is 6.32. The topological polar surface area (TPSA) is 102 Å². The second-order valence-corrected chi connectivity index (χ2v) is 6.34. The number of nitrogens with one attached hydrogen (secondary N) is 1. The van der Waals surface area contributed by atoms with Crippen LogP contribution in [0.15, 0.2) is 69.9 Å². The molecular formula is C20H12ClN3O4. The molecule has 0 saturated heterocycles. The van der Waals surface area contributed by atoms with Crippen molar-refractivity contribution in [3.8, 4) is 11.3 Å². The fourth-order valence-corrected chi connectivity index (χ4v) is 2.92. The Morgan fingerprint density at radius 3 is 2.61 bits per heavy atom. The van der Waals surface area contributed by atoms with Gasteiger partial charge < -0.3 is 9.40 Å². The second-order valence-electron chi connectivity index (χ2n) is 5.93. The molecule has 2 aromatic heterocycles. The zero-order valence-corrected chi connectivity index (χ0v) is 15.0. The fraction of sp³-hybridized carbons (Fsp3) is 0. The van der Waals surface area contributed by atoms with Gasteiger partial charge in [0.15, 0.2) is 5.82 Å². The number of non-ortho nitro benzene ring substituents is 1. The van der Waals surface area contributed by atoms with Crippen LogP contribution < -0.4 is 5.56 Å². The van der Waals surface area contributed by atoms with Gasteiger partial charge in [-0.2, -0.15) is 0 Å².